The van der Waals surface area contributed by atoms with E-state index < -0.39 is 21.7 Å². The summed E-state index contributed by atoms with van der Waals surface area (Å²) < 4.78 is 27.5. The second-order valence-electron chi connectivity index (χ2n) is 6.04. The first kappa shape index (κ1) is 19.4. The fourth-order valence-electron chi connectivity index (χ4n) is 2.97. The summed E-state index contributed by atoms with van der Waals surface area (Å²) >= 11 is 0. The molecule has 6 nitrogen and oxygen atoms in total. The van der Waals surface area contributed by atoms with Crippen molar-refractivity contribution in [2.45, 2.75) is 11.8 Å². The highest BCUT2D eigenvalue weighted by atomic mass is 32.2. The van der Waals surface area contributed by atoms with E-state index in [1.54, 1.807) is 19.1 Å². The van der Waals surface area contributed by atoms with Crippen molar-refractivity contribution < 1.29 is 23.4 Å². The van der Waals surface area contributed by atoms with E-state index in [-0.39, 0.29) is 22.7 Å². The van der Waals surface area contributed by atoms with Gasteiger partial charge in [0.25, 0.3) is 10.0 Å². The number of rotatable bonds is 6. The van der Waals surface area contributed by atoms with Gasteiger partial charge >= 0.3 is 5.97 Å². The number of nitrogens with zero attached hydrogens (tertiary/aromatic N) is 1. The van der Waals surface area contributed by atoms with Gasteiger partial charge in [-0.25, -0.2) is 13.2 Å². The molecule has 3 aromatic carbocycles. The van der Waals surface area contributed by atoms with Crippen molar-refractivity contribution in [3.8, 4) is 16.9 Å². The lowest BCUT2D eigenvalue weighted by molar-refractivity contribution is 0.0693. The fraction of sp³-hybridized carbons (Fsp3) is 0.0952. The molecule has 0 aliphatic carbocycles. The van der Waals surface area contributed by atoms with Crippen LogP contribution < -0.4 is 4.31 Å². The molecule has 3 aromatic rings. The summed E-state index contributed by atoms with van der Waals surface area (Å²) in [6.45, 7) is 1.64. The number of carboxylic acid groups (broad SMARTS) is 1. The first-order chi connectivity index (χ1) is 13.4. The number of aromatic hydroxyl groups is 1. The average molecular weight is 397 g/mol. The topological polar surface area (TPSA) is 94.9 Å². The van der Waals surface area contributed by atoms with Gasteiger partial charge in [0, 0.05) is 6.54 Å². The highest BCUT2D eigenvalue weighted by Gasteiger charge is 2.27. The maximum atomic E-state index is 13.2. The minimum atomic E-state index is -4.02. The summed E-state index contributed by atoms with van der Waals surface area (Å²) in [6, 6.07) is 19.9. The molecule has 0 heterocycles. The van der Waals surface area contributed by atoms with Crippen LogP contribution >= 0.6 is 0 Å². The molecular formula is C21H19NO5S. The summed E-state index contributed by atoms with van der Waals surface area (Å²) in [5.41, 5.74) is 1.18. The Morgan fingerprint density at radius 1 is 0.929 bits per heavy atom. The number of hydrogen-bond donors (Lipinski definition) is 2. The van der Waals surface area contributed by atoms with Crippen LogP contribution in [0.15, 0.2) is 77.7 Å². The van der Waals surface area contributed by atoms with Gasteiger partial charge in [0.1, 0.15) is 5.56 Å². The van der Waals surface area contributed by atoms with E-state index in [0.29, 0.717) is 0 Å². The molecule has 0 spiro atoms. The molecule has 0 unspecified atom stereocenters. The number of phenols is 1. The summed E-state index contributed by atoms with van der Waals surface area (Å²) in [4.78, 5) is 11.3. The molecule has 0 aliphatic rings. The Morgan fingerprint density at radius 2 is 1.57 bits per heavy atom. The van der Waals surface area contributed by atoms with Crippen LogP contribution in [0.4, 0.5) is 5.69 Å². The third-order valence-electron chi connectivity index (χ3n) is 4.33. The Hall–Kier alpha value is -3.32. The third-order valence-corrected chi connectivity index (χ3v) is 6.22. The van der Waals surface area contributed by atoms with Crippen LogP contribution in [0.2, 0.25) is 0 Å². The number of carbonyl (C=O) groups is 1. The molecule has 0 aliphatic heterocycles. The van der Waals surface area contributed by atoms with Crippen molar-refractivity contribution in [2.75, 3.05) is 10.8 Å². The van der Waals surface area contributed by atoms with E-state index in [2.05, 4.69) is 0 Å². The zero-order valence-electron chi connectivity index (χ0n) is 15.1. The van der Waals surface area contributed by atoms with Gasteiger partial charge < -0.3 is 10.2 Å². The Morgan fingerprint density at radius 3 is 2.21 bits per heavy atom. The maximum absolute atomic E-state index is 13.2. The molecule has 0 saturated heterocycles. The number of aromatic carboxylic acids is 1. The van der Waals surface area contributed by atoms with E-state index in [0.717, 1.165) is 15.4 Å². The van der Waals surface area contributed by atoms with Crippen LogP contribution in [0, 0.1) is 0 Å². The van der Waals surface area contributed by atoms with Crippen LogP contribution in [0.3, 0.4) is 0 Å². The lowest BCUT2D eigenvalue weighted by atomic mass is 10.1. The molecule has 0 bridgehead atoms. The SMILES string of the molecule is CCN(c1cccc(C(=O)O)c1O)S(=O)(=O)c1cccc(-c2ccccc2)c1. The molecule has 0 amide bonds. The molecule has 0 fully saturated rings. The van der Waals surface area contributed by atoms with E-state index in [1.165, 1.54) is 24.3 Å². The fourth-order valence-corrected chi connectivity index (χ4v) is 4.50. The molecular weight excluding hydrogens is 378 g/mol. The normalized spacial score (nSPS) is 11.2. The predicted octanol–water partition coefficient (Wildman–Crippen LogP) is 3.97. The summed E-state index contributed by atoms with van der Waals surface area (Å²) in [5, 5.41) is 19.5. The van der Waals surface area contributed by atoms with Crippen molar-refractivity contribution in [3.05, 3.63) is 78.4 Å². The number of benzene rings is 3. The molecule has 3 rings (SSSR count). The first-order valence-corrected chi connectivity index (χ1v) is 10.0. The van der Waals surface area contributed by atoms with Gasteiger partial charge in [-0.2, -0.15) is 0 Å². The van der Waals surface area contributed by atoms with Gasteiger partial charge in [-0.3, -0.25) is 4.31 Å². The third kappa shape index (κ3) is 3.57. The van der Waals surface area contributed by atoms with Crippen LogP contribution in [-0.4, -0.2) is 31.1 Å². The number of para-hydroxylation sites is 1. The van der Waals surface area contributed by atoms with E-state index in [1.807, 2.05) is 36.4 Å². The zero-order valence-corrected chi connectivity index (χ0v) is 15.9. The molecule has 2 N–H and O–H groups in total. The zero-order chi connectivity index (χ0) is 20.3. The van der Waals surface area contributed by atoms with E-state index in [4.69, 9.17) is 0 Å². The van der Waals surface area contributed by atoms with Crippen LogP contribution in [0.25, 0.3) is 11.1 Å². The number of carboxylic acids is 1. The highest BCUT2D eigenvalue weighted by Crippen LogP contribution is 2.35. The van der Waals surface area contributed by atoms with Gasteiger partial charge in [-0.15, -0.1) is 0 Å². The first-order valence-electron chi connectivity index (χ1n) is 8.59. The van der Waals surface area contributed by atoms with Crippen molar-refractivity contribution in [1.82, 2.24) is 0 Å². The van der Waals surface area contributed by atoms with Crippen LogP contribution in [0.1, 0.15) is 17.3 Å². The number of anilines is 1. The number of sulfonamides is 1. The monoisotopic (exact) mass is 397 g/mol. The van der Waals surface area contributed by atoms with E-state index >= 15 is 0 Å². The number of hydrogen-bond acceptors (Lipinski definition) is 4. The van der Waals surface area contributed by atoms with Gasteiger partial charge in [0.15, 0.2) is 5.75 Å². The highest BCUT2D eigenvalue weighted by molar-refractivity contribution is 7.92. The van der Waals surface area contributed by atoms with Crippen molar-refractivity contribution >= 4 is 21.7 Å². The van der Waals surface area contributed by atoms with Crippen LogP contribution in [0.5, 0.6) is 5.75 Å². The molecule has 144 valence electrons. The quantitative estimate of drug-likeness (QED) is 0.656. The van der Waals surface area contributed by atoms with Gasteiger partial charge in [-0.1, -0.05) is 48.5 Å². The van der Waals surface area contributed by atoms with E-state index in [9.17, 15) is 23.4 Å². The summed E-state index contributed by atoms with van der Waals surface area (Å²) in [7, 11) is -4.02. The summed E-state index contributed by atoms with van der Waals surface area (Å²) in [5.74, 6) is -1.92. The minimum absolute atomic E-state index is 0.0224. The second kappa shape index (κ2) is 7.74. The smallest absolute Gasteiger partial charge is 0.339 e. The molecule has 0 radical (unpaired) electrons. The van der Waals surface area contributed by atoms with Crippen LogP contribution in [-0.2, 0) is 10.0 Å². The molecule has 0 saturated carbocycles. The second-order valence-corrected chi connectivity index (χ2v) is 7.90. The molecule has 28 heavy (non-hydrogen) atoms. The Kier molecular flexibility index (Phi) is 5.37. The van der Waals surface area contributed by atoms with Crippen molar-refractivity contribution in [1.29, 1.82) is 0 Å². The van der Waals surface area contributed by atoms with Gasteiger partial charge in [-0.05, 0) is 42.3 Å². The Labute approximate surface area is 163 Å². The molecule has 0 atom stereocenters. The van der Waals surface area contributed by atoms with Crippen molar-refractivity contribution in [3.63, 3.8) is 0 Å². The predicted molar refractivity (Wildman–Crippen MR) is 107 cm³/mol. The average Bonchev–Trinajstić information content (AvgIpc) is 2.70. The Bertz CT molecular complexity index is 1110. The van der Waals surface area contributed by atoms with Gasteiger partial charge in [0.05, 0.1) is 10.6 Å². The molecule has 0 aromatic heterocycles. The maximum Gasteiger partial charge on any atom is 0.339 e. The lowest BCUT2D eigenvalue weighted by Crippen LogP contribution is -2.31. The largest absolute Gasteiger partial charge is 0.505 e. The standard InChI is InChI=1S/C21H19NO5S/c1-2-22(19-13-7-12-18(20(19)23)21(24)25)28(26,27)17-11-6-10-16(14-17)15-8-4-3-5-9-15/h3-14,23H,2H2,1H3,(H,24,25). The van der Waals surface area contributed by atoms with Crippen molar-refractivity contribution in [2.24, 2.45) is 0 Å². The molecule has 7 heteroatoms. The Balaban J connectivity index is 2.09. The summed E-state index contributed by atoms with van der Waals surface area (Å²) in [6.07, 6.45) is 0. The van der Waals surface area contributed by atoms with Gasteiger partial charge in [0.2, 0.25) is 0 Å². The lowest BCUT2D eigenvalue weighted by Gasteiger charge is -2.24. The minimum Gasteiger partial charge on any atom is -0.505 e.